The van der Waals surface area contributed by atoms with E-state index in [1.165, 1.54) is 28.7 Å². The van der Waals surface area contributed by atoms with Crippen LogP contribution in [0.3, 0.4) is 0 Å². The number of aromatic nitrogens is 5. The molecular formula is C34H39FN8O3. The molecular weight excluding hydrogens is 587 g/mol. The first-order chi connectivity index (χ1) is 22.0. The van der Waals surface area contributed by atoms with Crippen LogP contribution in [0.2, 0.25) is 0 Å². The zero-order chi connectivity index (χ0) is 32.7. The van der Waals surface area contributed by atoms with E-state index >= 15 is 4.39 Å². The molecule has 1 saturated heterocycles. The van der Waals surface area contributed by atoms with Gasteiger partial charge in [-0.15, -0.1) is 0 Å². The molecule has 6 rings (SSSR count). The molecule has 12 heteroatoms. The average molecular weight is 627 g/mol. The van der Waals surface area contributed by atoms with E-state index < -0.39 is 18.0 Å². The van der Waals surface area contributed by atoms with Gasteiger partial charge in [0, 0.05) is 43.0 Å². The predicted molar refractivity (Wildman–Crippen MR) is 176 cm³/mol. The number of aliphatic hydroxyl groups excluding tert-OH is 1. The number of aryl methyl sites for hydroxylation is 1. The molecule has 0 spiro atoms. The highest BCUT2D eigenvalue weighted by molar-refractivity contribution is 5.82. The van der Waals surface area contributed by atoms with E-state index in [0.717, 1.165) is 36.2 Å². The Labute approximate surface area is 266 Å². The van der Waals surface area contributed by atoms with Gasteiger partial charge < -0.3 is 20.6 Å². The molecule has 4 aromatic rings. The average Bonchev–Trinajstić information content (AvgIpc) is 3.05. The number of piperidine rings is 1. The molecule has 46 heavy (non-hydrogen) atoms. The molecule has 1 fully saturated rings. The van der Waals surface area contributed by atoms with Crippen molar-refractivity contribution >= 4 is 16.5 Å². The Morgan fingerprint density at radius 3 is 2.57 bits per heavy atom. The number of nitrogens with zero attached hydrogens (tertiary/aromatic N) is 6. The number of aliphatic hydroxyl groups is 1. The molecule has 1 unspecified atom stereocenters. The van der Waals surface area contributed by atoms with Crippen LogP contribution in [0.25, 0.3) is 27.8 Å². The predicted octanol–water partition coefficient (Wildman–Crippen LogP) is 3.28. The summed E-state index contributed by atoms with van der Waals surface area (Å²) in [6, 6.07) is 6.45. The van der Waals surface area contributed by atoms with Crippen LogP contribution in [-0.2, 0) is 19.1 Å². The van der Waals surface area contributed by atoms with Crippen molar-refractivity contribution in [1.29, 1.82) is 0 Å². The minimum atomic E-state index is -0.698. The highest BCUT2D eigenvalue weighted by Crippen LogP contribution is 2.30. The fourth-order valence-corrected chi connectivity index (χ4v) is 6.14. The van der Waals surface area contributed by atoms with Crippen LogP contribution < -0.4 is 26.7 Å². The topological polar surface area (TPSA) is 130 Å². The van der Waals surface area contributed by atoms with E-state index in [2.05, 4.69) is 31.9 Å². The van der Waals surface area contributed by atoms with Gasteiger partial charge in [-0.2, -0.15) is 14.9 Å². The Hall–Kier alpha value is -4.68. The van der Waals surface area contributed by atoms with Crippen molar-refractivity contribution in [2.24, 2.45) is 13.0 Å². The molecule has 240 valence electrons. The number of nitrogens with one attached hydrogen (secondary N) is 2. The molecule has 0 amide bonds. The maximum atomic E-state index is 15.4. The monoisotopic (exact) mass is 626 g/mol. The summed E-state index contributed by atoms with van der Waals surface area (Å²) in [6.07, 6.45) is 11.0. The first-order valence-electron chi connectivity index (χ1n) is 15.5. The first-order valence-corrected chi connectivity index (χ1v) is 15.5. The maximum absolute atomic E-state index is 15.4. The first kappa shape index (κ1) is 31.3. The molecule has 3 aromatic heterocycles. The second kappa shape index (κ2) is 12.3. The molecule has 3 N–H and O–H groups in total. The standard InChI is InChI=1S/C34H39FN8O3/c1-34(2,3)23-14-22-18-39-43(33(46)30(22)26(35)15-23)31-25(19-44)24(10-13-37-31)27-16-28(32(45)42(5)40-27)41(4)29-7-6-21(17-38-29)20-8-11-36-12-9-20/h6-7,10,13-18,20,29,36,38,44H,8-9,11-12,19H2,1-5H3. The number of benzene rings is 1. The lowest BCUT2D eigenvalue weighted by molar-refractivity contribution is 0.281. The normalized spacial score (nSPS) is 17.2. The van der Waals surface area contributed by atoms with Gasteiger partial charge in [0.05, 0.1) is 23.9 Å². The summed E-state index contributed by atoms with van der Waals surface area (Å²) >= 11 is 0. The lowest BCUT2D eigenvalue weighted by Crippen LogP contribution is -2.44. The number of dihydropyridines is 1. The Kier molecular flexibility index (Phi) is 8.34. The number of allylic oxidation sites excluding steroid dienone is 2. The Bertz CT molecular complexity index is 1990. The van der Waals surface area contributed by atoms with Crippen molar-refractivity contribution in [3.05, 3.63) is 98.2 Å². The van der Waals surface area contributed by atoms with Crippen LogP contribution in [0, 0.1) is 11.7 Å². The Morgan fingerprint density at radius 1 is 1.13 bits per heavy atom. The van der Waals surface area contributed by atoms with Crippen LogP contribution in [0.1, 0.15) is 44.7 Å². The smallest absolute Gasteiger partial charge is 0.290 e. The molecule has 1 atom stereocenters. The molecule has 11 nitrogen and oxygen atoms in total. The van der Waals surface area contributed by atoms with Gasteiger partial charge in [-0.05, 0) is 78.7 Å². The van der Waals surface area contributed by atoms with E-state index in [-0.39, 0.29) is 33.9 Å². The lowest BCUT2D eigenvalue weighted by Gasteiger charge is -2.32. The molecule has 0 aliphatic carbocycles. The van der Waals surface area contributed by atoms with E-state index in [0.29, 0.717) is 28.2 Å². The fourth-order valence-electron chi connectivity index (χ4n) is 6.14. The van der Waals surface area contributed by atoms with Crippen LogP contribution in [0.5, 0.6) is 0 Å². The molecule has 5 heterocycles. The number of hydrogen-bond acceptors (Lipinski definition) is 9. The third kappa shape index (κ3) is 5.74. The lowest BCUT2D eigenvalue weighted by atomic mass is 9.86. The quantitative estimate of drug-likeness (QED) is 0.295. The second-order valence-corrected chi connectivity index (χ2v) is 12.9. The third-order valence-electron chi connectivity index (χ3n) is 8.92. The van der Waals surface area contributed by atoms with E-state index in [4.69, 9.17) is 0 Å². The van der Waals surface area contributed by atoms with Crippen LogP contribution in [0.15, 0.2) is 70.2 Å². The maximum Gasteiger partial charge on any atom is 0.290 e. The SMILES string of the molecule is CN(c1cc(-c2ccnc(-n3ncc4cc(C(C)(C)C)cc(F)c4c3=O)c2CO)nn(C)c1=O)C1C=CC(C2CCNCC2)=CN1. The highest BCUT2D eigenvalue weighted by Gasteiger charge is 2.25. The summed E-state index contributed by atoms with van der Waals surface area (Å²) in [5.41, 5.74) is 2.15. The molecule has 0 radical (unpaired) electrons. The van der Waals surface area contributed by atoms with E-state index in [1.807, 2.05) is 45.0 Å². The number of hydrogen-bond donors (Lipinski definition) is 3. The second-order valence-electron chi connectivity index (χ2n) is 12.9. The Morgan fingerprint density at radius 2 is 1.89 bits per heavy atom. The summed E-state index contributed by atoms with van der Waals surface area (Å²) in [5.74, 6) is -0.110. The number of pyridine rings is 1. The van der Waals surface area contributed by atoms with Gasteiger partial charge in [0.15, 0.2) is 5.82 Å². The zero-order valence-corrected chi connectivity index (χ0v) is 26.7. The van der Waals surface area contributed by atoms with Crippen molar-refractivity contribution in [2.45, 2.75) is 51.8 Å². The molecule has 2 aliphatic rings. The summed E-state index contributed by atoms with van der Waals surface area (Å²) in [6.45, 7) is 7.39. The summed E-state index contributed by atoms with van der Waals surface area (Å²) in [5, 5.41) is 26.4. The summed E-state index contributed by atoms with van der Waals surface area (Å²) in [7, 11) is 3.39. The van der Waals surface area contributed by atoms with Crippen molar-refractivity contribution in [2.75, 3.05) is 25.0 Å². The van der Waals surface area contributed by atoms with Crippen LogP contribution >= 0.6 is 0 Å². The van der Waals surface area contributed by atoms with Gasteiger partial charge in [-0.3, -0.25) is 9.59 Å². The van der Waals surface area contributed by atoms with Crippen molar-refractivity contribution in [3.8, 4) is 17.1 Å². The zero-order valence-electron chi connectivity index (χ0n) is 26.7. The molecule has 2 aliphatic heterocycles. The minimum absolute atomic E-state index is 0.0456. The molecule has 0 bridgehead atoms. The number of fused-ring (bicyclic) bond motifs is 1. The van der Waals surface area contributed by atoms with Crippen LogP contribution in [-0.4, -0.2) is 56.0 Å². The number of halogens is 1. The highest BCUT2D eigenvalue weighted by atomic mass is 19.1. The van der Waals surface area contributed by atoms with Crippen molar-refractivity contribution < 1.29 is 9.50 Å². The van der Waals surface area contributed by atoms with Gasteiger partial charge in [-0.1, -0.05) is 26.8 Å². The van der Waals surface area contributed by atoms with Crippen LogP contribution in [0.4, 0.5) is 10.1 Å². The van der Waals surface area contributed by atoms with E-state index in [9.17, 15) is 14.7 Å². The summed E-state index contributed by atoms with van der Waals surface area (Å²) < 4.78 is 17.6. The summed E-state index contributed by atoms with van der Waals surface area (Å²) in [4.78, 5) is 33.1. The Balaban J connectivity index is 1.37. The third-order valence-corrected chi connectivity index (χ3v) is 8.92. The fraction of sp³-hybridized carbons (Fsp3) is 0.382. The van der Waals surface area contributed by atoms with Gasteiger partial charge in [0.25, 0.3) is 11.1 Å². The van der Waals surface area contributed by atoms with Crippen molar-refractivity contribution in [1.82, 2.24) is 35.2 Å². The van der Waals surface area contributed by atoms with Gasteiger partial charge in [-0.25, -0.2) is 14.1 Å². The molecule has 1 aromatic carbocycles. The number of likely N-dealkylation sites (N-methyl/N-ethyl adjacent to an activating group) is 1. The largest absolute Gasteiger partial charge is 0.392 e. The van der Waals surface area contributed by atoms with Gasteiger partial charge in [0.2, 0.25) is 0 Å². The van der Waals surface area contributed by atoms with Gasteiger partial charge in [0.1, 0.15) is 17.7 Å². The minimum Gasteiger partial charge on any atom is -0.392 e. The molecule has 0 saturated carbocycles. The van der Waals surface area contributed by atoms with Gasteiger partial charge >= 0.3 is 0 Å². The number of rotatable bonds is 6. The van der Waals surface area contributed by atoms with Crippen molar-refractivity contribution in [3.63, 3.8) is 0 Å². The number of anilines is 1. The van der Waals surface area contributed by atoms with E-state index in [1.54, 1.807) is 25.2 Å².